The van der Waals surface area contributed by atoms with Gasteiger partial charge >= 0.3 is 0 Å². The summed E-state index contributed by atoms with van der Waals surface area (Å²) >= 11 is 0. The van der Waals surface area contributed by atoms with Crippen LogP contribution in [0, 0.1) is 5.82 Å². The van der Waals surface area contributed by atoms with Gasteiger partial charge < -0.3 is 4.90 Å². The summed E-state index contributed by atoms with van der Waals surface area (Å²) in [5, 5.41) is 4.58. The number of hydrogen-bond donors (Lipinski definition) is 0. The summed E-state index contributed by atoms with van der Waals surface area (Å²) in [5.74, 6) is -0.336. The topological polar surface area (TPSA) is 38.1 Å². The fraction of sp³-hybridized carbons (Fsp3) is 0.368. The van der Waals surface area contributed by atoms with E-state index in [1.807, 2.05) is 13.8 Å². The highest BCUT2D eigenvalue weighted by molar-refractivity contribution is 5.94. The minimum Gasteiger partial charge on any atom is -0.334 e. The summed E-state index contributed by atoms with van der Waals surface area (Å²) in [6.45, 7) is 8.92. The van der Waals surface area contributed by atoms with Gasteiger partial charge in [-0.25, -0.2) is 9.07 Å². The van der Waals surface area contributed by atoms with E-state index in [-0.39, 0.29) is 11.7 Å². The number of aromatic nitrogens is 2. The molecule has 5 heteroatoms. The molecule has 1 aliphatic carbocycles. The van der Waals surface area contributed by atoms with E-state index in [1.165, 1.54) is 12.1 Å². The average molecular weight is 327 g/mol. The first-order valence-corrected chi connectivity index (χ1v) is 8.31. The van der Waals surface area contributed by atoms with Crippen molar-refractivity contribution in [2.75, 3.05) is 13.1 Å². The van der Waals surface area contributed by atoms with Crippen molar-refractivity contribution in [1.29, 1.82) is 0 Å². The number of hydrogen-bond acceptors (Lipinski definition) is 2. The highest BCUT2D eigenvalue weighted by Crippen LogP contribution is 2.28. The van der Waals surface area contributed by atoms with Gasteiger partial charge in [-0.3, -0.25) is 4.79 Å². The standard InChI is InChI=1S/C19H22FN3O/c1-4-22(12-13(2)3)19(24)18-16-6-5-7-17(16)23(21-18)15-10-8-14(20)9-11-15/h8-11H,2,4-7,12H2,1,3H3. The maximum Gasteiger partial charge on any atom is 0.274 e. The second-order valence-electron chi connectivity index (χ2n) is 6.29. The fourth-order valence-electron chi connectivity index (χ4n) is 3.21. The third-order valence-electron chi connectivity index (χ3n) is 4.33. The van der Waals surface area contributed by atoms with Crippen molar-refractivity contribution in [3.05, 3.63) is 59.2 Å². The minimum atomic E-state index is -0.280. The van der Waals surface area contributed by atoms with Gasteiger partial charge in [0, 0.05) is 24.3 Å². The Morgan fingerprint density at radius 2 is 2.04 bits per heavy atom. The van der Waals surface area contributed by atoms with Gasteiger partial charge in [0.1, 0.15) is 5.82 Å². The molecule has 1 aromatic carbocycles. The SMILES string of the molecule is C=C(C)CN(CC)C(=O)c1nn(-c2ccc(F)cc2)c2c1CCC2. The second-order valence-corrected chi connectivity index (χ2v) is 6.29. The minimum absolute atomic E-state index is 0.0560. The predicted molar refractivity (Wildman–Crippen MR) is 91.9 cm³/mol. The van der Waals surface area contributed by atoms with Crippen molar-refractivity contribution in [3.8, 4) is 5.69 Å². The fourth-order valence-corrected chi connectivity index (χ4v) is 3.21. The van der Waals surface area contributed by atoms with Gasteiger partial charge in [-0.1, -0.05) is 12.2 Å². The Balaban J connectivity index is 2.01. The largest absolute Gasteiger partial charge is 0.334 e. The lowest BCUT2D eigenvalue weighted by Gasteiger charge is -2.20. The molecule has 0 aliphatic heterocycles. The summed E-state index contributed by atoms with van der Waals surface area (Å²) in [4.78, 5) is 14.7. The summed E-state index contributed by atoms with van der Waals surface area (Å²) < 4.78 is 15.0. The molecular weight excluding hydrogens is 305 g/mol. The van der Waals surface area contributed by atoms with Crippen LogP contribution in [0.2, 0.25) is 0 Å². The van der Waals surface area contributed by atoms with Crippen molar-refractivity contribution >= 4 is 5.91 Å². The van der Waals surface area contributed by atoms with Crippen LogP contribution < -0.4 is 0 Å². The zero-order valence-corrected chi connectivity index (χ0v) is 14.2. The number of benzene rings is 1. The molecule has 24 heavy (non-hydrogen) atoms. The van der Waals surface area contributed by atoms with E-state index in [1.54, 1.807) is 21.7 Å². The number of carbonyl (C=O) groups is 1. The lowest BCUT2D eigenvalue weighted by atomic mass is 10.1. The highest BCUT2D eigenvalue weighted by Gasteiger charge is 2.29. The summed E-state index contributed by atoms with van der Waals surface area (Å²) in [7, 11) is 0. The molecule has 0 saturated heterocycles. The van der Waals surface area contributed by atoms with E-state index in [0.29, 0.717) is 18.8 Å². The number of rotatable bonds is 5. The van der Waals surface area contributed by atoms with Crippen molar-refractivity contribution in [2.45, 2.75) is 33.1 Å². The Hall–Kier alpha value is -2.43. The zero-order valence-electron chi connectivity index (χ0n) is 14.2. The quantitative estimate of drug-likeness (QED) is 0.788. The lowest BCUT2D eigenvalue weighted by Crippen LogP contribution is -2.33. The molecule has 0 bridgehead atoms. The van der Waals surface area contributed by atoms with Crippen molar-refractivity contribution in [3.63, 3.8) is 0 Å². The summed E-state index contributed by atoms with van der Waals surface area (Å²) in [6, 6.07) is 6.22. The summed E-state index contributed by atoms with van der Waals surface area (Å²) in [6.07, 6.45) is 2.77. The molecule has 1 aliphatic rings. The van der Waals surface area contributed by atoms with E-state index >= 15 is 0 Å². The van der Waals surface area contributed by atoms with E-state index in [0.717, 1.165) is 41.8 Å². The van der Waals surface area contributed by atoms with Crippen LogP contribution >= 0.6 is 0 Å². The van der Waals surface area contributed by atoms with Gasteiger partial charge in [0.2, 0.25) is 0 Å². The average Bonchev–Trinajstić information content (AvgIpc) is 3.15. The van der Waals surface area contributed by atoms with Crippen LogP contribution in [0.5, 0.6) is 0 Å². The zero-order chi connectivity index (χ0) is 17.3. The number of carbonyl (C=O) groups excluding carboxylic acids is 1. The van der Waals surface area contributed by atoms with Gasteiger partial charge in [-0.2, -0.15) is 5.10 Å². The highest BCUT2D eigenvalue weighted by atomic mass is 19.1. The lowest BCUT2D eigenvalue weighted by molar-refractivity contribution is 0.0771. The molecule has 0 saturated carbocycles. The molecule has 0 spiro atoms. The van der Waals surface area contributed by atoms with Crippen LogP contribution in [-0.4, -0.2) is 33.7 Å². The first-order valence-electron chi connectivity index (χ1n) is 8.31. The van der Waals surface area contributed by atoms with Crippen LogP contribution in [0.15, 0.2) is 36.4 Å². The van der Waals surface area contributed by atoms with E-state index in [9.17, 15) is 9.18 Å². The van der Waals surface area contributed by atoms with Crippen molar-refractivity contribution in [1.82, 2.24) is 14.7 Å². The molecule has 4 nitrogen and oxygen atoms in total. The molecule has 0 radical (unpaired) electrons. The molecule has 2 aromatic rings. The number of nitrogens with zero attached hydrogens (tertiary/aromatic N) is 3. The van der Waals surface area contributed by atoms with Crippen LogP contribution in [-0.2, 0) is 12.8 Å². The van der Waals surface area contributed by atoms with Gasteiger partial charge in [-0.05, 0) is 57.4 Å². The molecule has 1 amide bonds. The Labute approximate surface area is 141 Å². The Morgan fingerprint density at radius 1 is 1.33 bits per heavy atom. The molecule has 1 heterocycles. The van der Waals surface area contributed by atoms with Crippen molar-refractivity contribution < 1.29 is 9.18 Å². The normalized spacial score (nSPS) is 13.0. The molecule has 126 valence electrons. The van der Waals surface area contributed by atoms with Gasteiger partial charge in [0.05, 0.1) is 5.69 Å². The Bertz CT molecular complexity index is 777. The van der Waals surface area contributed by atoms with Gasteiger partial charge in [0.15, 0.2) is 5.69 Å². The molecule has 0 atom stereocenters. The van der Waals surface area contributed by atoms with Crippen LogP contribution in [0.4, 0.5) is 4.39 Å². The maximum absolute atomic E-state index is 13.2. The second kappa shape index (κ2) is 6.59. The molecule has 0 fully saturated rings. The smallest absolute Gasteiger partial charge is 0.274 e. The predicted octanol–water partition coefficient (Wildman–Crippen LogP) is 3.54. The molecule has 0 unspecified atom stereocenters. The number of likely N-dealkylation sites (N-methyl/N-ethyl adjacent to an activating group) is 1. The molecular formula is C19H22FN3O. The van der Waals surface area contributed by atoms with E-state index in [2.05, 4.69) is 11.7 Å². The van der Waals surface area contributed by atoms with Crippen LogP contribution in [0.1, 0.15) is 42.0 Å². The van der Waals surface area contributed by atoms with Crippen LogP contribution in [0.3, 0.4) is 0 Å². The maximum atomic E-state index is 13.2. The summed E-state index contributed by atoms with van der Waals surface area (Å²) in [5.41, 5.74) is 4.35. The first kappa shape index (κ1) is 16.4. The Kier molecular flexibility index (Phi) is 4.51. The third-order valence-corrected chi connectivity index (χ3v) is 4.33. The van der Waals surface area contributed by atoms with Crippen molar-refractivity contribution in [2.24, 2.45) is 0 Å². The molecule has 3 rings (SSSR count). The number of halogens is 1. The van der Waals surface area contributed by atoms with Gasteiger partial charge in [-0.15, -0.1) is 0 Å². The van der Waals surface area contributed by atoms with Gasteiger partial charge in [0.25, 0.3) is 5.91 Å². The first-order chi connectivity index (χ1) is 11.5. The van der Waals surface area contributed by atoms with E-state index < -0.39 is 0 Å². The number of fused-ring (bicyclic) bond motifs is 1. The third kappa shape index (κ3) is 2.98. The Morgan fingerprint density at radius 3 is 2.67 bits per heavy atom. The number of amides is 1. The molecule has 1 aromatic heterocycles. The van der Waals surface area contributed by atoms with Crippen LogP contribution in [0.25, 0.3) is 5.69 Å². The molecule has 0 N–H and O–H groups in total. The van der Waals surface area contributed by atoms with E-state index in [4.69, 9.17) is 0 Å². The monoisotopic (exact) mass is 327 g/mol.